The first-order valence-electron chi connectivity index (χ1n) is 14.7. The first kappa shape index (κ1) is 36.9. The number of carbonyl (C=O) groups is 6. The third-order valence-corrected chi connectivity index (χ3v) is 7.85. The van der Waals surface area contributed by atoms with Gasteiger partial charge in [0.1, 0.15) is 24.2 Å². The van der Waals surface area contributed by atoms with Crippen LogP contribution in [-0.2, 0) is 35.2 Å². The SMILES string of the molecule is CCCC[C@H](NC(=O)[C@H](Cc1ccccc1)NC(=O)CNC(=O)[C@@H](N)CCS)C(=O)N1CCC[C@H]1C(=O)N[C@@H](CS)C(=O)O. The predicted octanol–water partition coefficient (Wildman–Crippen LogP) is -0.357. The van der Waals surface area contributed by atoms with Gasteiger partial charge in [-0.2, -0.15) is 25.3 Å². The van der Waals surface area contributed by atoms with Gasteiger partial charge in [-0.25, -0.2) is 4.79 Å². The third kappa shape index (κ3) is 11.7. The molecule has 44 heavy (non-hydrogen) atoms. The molecule has 0 radical (unpaired) electrons. The van der Waals surface area contributed by atoms with Gasteiger partial charge in [0, 0.05) is 18.7 Å². The lowest BCUT2D eigenvalue weighted by molar-refractivity contribution is -0.144. The van der Waals surface area contributed by atoms with Crippen LogP contribution >= 0.6 is 25.3 Å². The molecule has 2 rings (SSSR count). The van der Waals surface area contributed by atoms with E-state index in [4.69, 9.17) is 5.73 Å². The van der Waals surface area contributed by atoms with Crippen LogP contribution in [0.15, 0.2) is 30.3 Å². The fourth-order valence-corrected chi connectivity index (χ4v) is 5.29. The van der Waals surface area contributed by atoms with Crippen molar-refractivity contribution in [2.45, 2.75) is 82.1 Å². The van der Waals surface area contributed by atoms with E-state index in [1.807, 2.05) is 13.0 Å². The van der Waals surface area contributed by atoms with Gasteiger partial charge in [-0.1, -0.05) is 50.1 Å². The van der Waals surface area contributed by atoms with Crippen molar-refractivity contribution in [2.24, 2.45) is 5.73 Å². The van der Waals surface area contributed by atoms with Gasteiger partial charge in [-0.05, 0) is 37.0 Å². The van der Waals surface area contributed by atoms with Gasteiger partial charge in [0.2, 0.25) is 29.5 Å². The molecule has 1 fully saturated rings. The fourth-order valence-electron chi connectivity index (χ4n) is 4.77. The molecule has 244 valence electrons. The predicted molar refractivity (Wildman–Crippen MR) is 171 cm³/mol. The number of carbonyl (C=O) groups excluding carboxylic acids is 5. The highest BCUT2D eigenvalue weighted by molar-refractivity contribution is 7.80. The van der Waals surface area contributed by atoms with Crippen LogP contribution < -0.4 is 27.0 Å². The summed E-state index contributed by atoms with van der Waals surface area (Å²) in [6, 6.07) is 4.04. The minimum atomic E-state index is -1.23. The second kappa shape index (κ2) is 19.2. The molecule has 0 aliphatic carbocycles. The summed E-state index contributed by atoms with van der Waals surface area (Å²) in [6.07, 6.45) is 2.98. The van der Waals surface area contributed by atoms with E-state index in [9.17, 15) is 33.9 Å². The number of hydrogen-bond acceptors (Lipinski definition) is 9. The van der Waals surface area contributed by atoms with E-state index in [2.05, 4.69) is 46.5 Å². The summed E-state index contributed by atoms with van der Waals surface area (Å²) in [5.41, 5.74) is 6.53. The highest BCUT2D eigenvalue weighted by Gasteiger charge is 2.39. The number of nitrogens with zero attached hydrogens (tertiary/aromatic N) is 1. The normalized spacial score (nSPS) is 17.1. The Morgan fingerprint density at radius 2 is 1.68 bits per heavy atom. The van der Waals surface area contributed by atoms with Gasteiger partial charge in [-0.15, -0.1) is 0 Å². The molecule has 5 amide bonds. The summed E-state index contributed by atoms with van der Waals surface area (Å²) in [4.78, 5) is 78.0. The molecule has 7 N–H and O–H groups in total. The van der Waals surface area contributed by atoms with Crippen LogP contribution in [0.1, 0.15) is 51.0 Å². The van der Waals surface area contributed by atoms with Crippen LogP contribution in [-0.4, -0.2) is 100 Å². The van der Waals surface area contributed by atoms with Gasteiger partial charge in [0.25, 0.3) is 0 Å². The highest BCUT2D eigenvalue weighted by Crippen LogP contribution is 2.20. The molecule has 0 unspecified atom stereocenters. The average molecular weight is 653 g/mol. The molecule has 0 saturated carbocycles. The Bertz CT molecular complexity index is 1140. The molecule has 13 nitrogen and oxygen atoms in total. The summed E-state index contributed by atoms with van der Waals surface area (Å²) in [7, 11) is 0. The van der Waals surface area contributed by atoms with Crippen molar-refractivity contribution >= 4 is 60.8 Å². The number of thiol groups is 2. The molecule has 0 spiro atoms. The minimum absolute atomic E-state index is 0.114. The lowest BCUT2D eigenvalue weighted by Gasteiger charge is -2.30. The number of amides is 5. The first-order valence-corrected chi connectivity index (χ1v) is 16.0. The number of unbranched alkanes of at least 4 members (excludes halogenated alkanes) is 1. The van der Waals surface area contributed by atoms with E-state index in [0.717, 1.165) is 12.0 Å². The number of carboxylic acids is 1. The van der Waals surface area contributed by atoms with Crippen LogP contribution in [0.2, 0.25) is 0 Å². The van der Waals surface area contributed by atoms with Crippen molar-refractivity contribution in [1.29, 1.82) is 0 Å². The molecule has 1 aromatic carbocycles. The standard InChI is InChI=1S/C29H44N6O7S2/c1-2-3-10-20(28(40)35-13-7-11-23(35)27(39)34-22(17-44)29(41)42)33-26(38)21(15-18-8-5-4-6-9-18)32-24(36)16-31-25(37)19(30)12-14-43/h4-6,8-9,19-23,43-44H,2-3,7,10-17,30H2,1H3,(H,31,37)(H,32,36)(H,33,38)(H,34,39)(H,41,42)/t19-,20-,21-,22-,23-/m0/s1. The number of benzene rings is 1. The zero-order valence-corrected chi connectivity index (χ0v) is 26.7. The van der Waals surface area contributed by atoms with Gasteiger partial charge >= 0.3 is 5.97 Å². The summed E-state index contributed by atoms with van der Waals surface area (Å²) >= 11 is 8.03. The van der Waals surface area contributed by atoms with Gasteiger partial charge in [-0.3, -0.25) is 24.0 Å². The van der Waals surface area contributed by atoms with Crippen molar-refractivity contribution in [3.63, 3.8) is 0 Å². The molecule has 1 aliphatic rings. The lowest BCUT2D eigenvalue weighted by atomic mass is 10.0. The Kier molecular flexibility index (Phi) is 16.1. The van der Waals surface area contributed by atoms with Crippen molar-refractivity contribution in [1.82, 2.24) is 26.2 Å². The number of carboxylic acid groups (broad SMARTS) is 1. The molecule has 15 heteroatoms. The van der Waals surface area contributed by atoms with Gasteiger partial charge in [0.15, 0.2) is 0 Å². The van der Waals surface area contributed by atoms with E-state index < -0.39 is 72.3 Å². The van der Waals surface area contributed by atoms with Crippen LogP contribution in [0.4, 0.5) is 0 Å². The van der Waals surface area contributed by atoms with Crippen molar-refractivity contribution in [3.05, 3.63) is 35.9 Å². The maximum atomic E-state index is 13.7. The van der Waals surface area contributed by atoms with Crippen LogP contribution in [0.25, 0.3) is 0 Å². The number of aliphatic carboxylic acids is 1. The number of likely N-dealkylation sites (tertiary alicyclic amines) is 1. The molecular formula is C29H44N6O7S2. The summed E-state index contributed by atoms with van der Waals surface area (Å²) in [6.45, 7) is 1.81. The molecule has 1 heterocycles. The van der Waals surface area contributed by atoms with Crippen LogP contribution in [0, 0.1) is 0 Å². The topological polar surface area (TPSA) is 200 Å². The van der Waals surface area contributed by atoms with Crippen molar-refractivity contribution < 1.29 is 33.9 Å². The van der Waals surface area contributed by atoms with E-state index in [1.165, 1.54) is 4.90 Å². The zero-order chi connectivity index (χ0) is 32.6. The Morgan fingerprint density at radius 1 is 0.977 bits per heavy atom. The number of hydrogen-bond donors (Lipinski definition) is 8. The van der Waals surface area contributed by atoms with E-state index in [1.54, 1.807) is 24.3 Å². The third-order valence-electron chi connectivity index (χ3n) is 7.23. The van der Waals surface area contributed by atoms with Crippen LogP contribution in [0.5, 0.6) is 0 Å². The number of rotatable bonds is 18. The van der Waals surface area contributed by atoms with Gasteiger partial charge in [0.05, 0.1) is 12.6 Å². The minimum Gasteiger partial charge on any atom is -0.480 e. The summed E-state index contributed by atoms with van der Waals surface area (Å²) in [5.74, 6) is -3.73. The summed E-state index contributed by atoms with van der Waals surface area (Å²) < 4.78 is 0. The maximum absolute atomic E-state index is 13.7. The molecule has 0 aromatic heterocycles. The second-order valence-corrected chi connectivity index (χ2v) is 11.4. The molecule has 5 atom stereocenters. The largest absolute Gasteiger partial charge is 0.480 e. The second-order valence-electron chi connectivity index (χ2n) is 10.6. The van der Waals surface area contributed by atoms with Crippen LogP contribution in [0.3, 0.4) is 0 Å². The van der Waals surface area contributed by atoms with Crippen molar-refractivity contribution in [2.75, 3.05) is 24.6 Å². The quantitative estimate of drug-likeness (QED) is 0.0983. The maximum Gasteiger partial charge on any atom is 0.327 e. The average Bonchev–Trinajstić information content (AvgIpc) is 3.50. The number of nitrogens with two attached hydrogens (primary N) is 1. The Hall–Kier alpha value is -3.30. The fraction of sp³-hybridized carbons (Fsp3) is 0.586. The smallest absolute Gasteiger partial charge is 0.327 e. The van der Waals surface area contributed by atoms with E-state index in [-0.39, 0.29) is 18.7 Å². The molecule has 0 bridgehead atoms. The Labute approximate surface area is 268 Å². The lowest BCUT2D eigenvalue weighted by Crippen LogP contribution is -2.58. The van der Waals surface area contributed by atoms with E-state index in [0.29, 0.717) is 37.9 Å². The van der Waals surface area contributed by atoms with Gasteiger partial charge < -0.3 is 37.0 Å². The Morgan fingerprint density at radius 3 is 2.30 bits per heavy atom. The van der Waals surface area contributed by atoms with Crippen molar-refractivity contribution in [3.8, 4) is 0 Å². The molecule has 1 aliphatic heterocycles. The molecular weight excluding hydrogens is 608 g/mol. The Balaban J connectivity index is 2.19. The van der Waals surface area contributed by atoms with E-state index >= 15 is 0 Å². The highest BCUT2D eigenvalue weighted by atomic mass is 32.1. The monoisotopic (exact) mass is 652 g/mol. The number of nitrogens with one attached hydrogen (secondary N) is 4. The zero-order valence-electron chi connectivity index (χ0n) is 24.9. The molecule has 1 saturated heterocycles. The molecule has 1 aromatic rings. The summed E-state index contributed by atoms with van der Waals surface area (Å²) in [5, 5.41) is 19.6. The first-order chi connectivity index (χ1) is 21.0.